The number of rotatable bonds is 2. The molecule has 1 fully saturated rings. The van der Waals surface area contributed by atoms with Crippen LogP contribution in [0.25, 0.3) is 0 Å². The molecule has 2 atom stereocenters. The van der Waals surface area contributed by atoms with Crippen molar-refractivity contribution in [3.63, 3.8) is 0 Å². The molecule has 1 saturated heterocycles. The van der Waals surface area contributed by atoms with Crippen LogP contribution < -0.4 is 4.90 Å². The van der Waals surface area contributed by atoms with Gasteiger partial charge in [0.2, 0.25) is 0 Å². The van der Waals surface area contributed by atoms with Crippen molar-refractivity contribution < 1.29 is 9.50 Å². The Morgan fingerprint density at radius 1 is 1.60 bits per heavy atom. The first-order chi connectivity index (χ1) is 7.20. The van der Waals surface area contributed by atoms with E-state index in [0.29, 0.717) is 6.54 Å². The van der Waals surface area contributed by atoms with Crippen LogP contribution >= 0.6 is 0 Å². The molecule has 1 N–H and O–H groups in total. The molecule has 2 heterocycles. The van der Waals surface area contributed by atoms with Crippen molar-refractivity contribution in [3.8, 4) is 0 Å². The first-order valence-electron chi connectivity index (χ1n) is 5.22. The van der Waals surface area contributed by atoms with E-state index in [2.05, 4.69) is 4.98 Å². The molecule has 0 aromatic carbocycles. The lowest BCUT2D eigenvalue weighted by atomic mass is 10.2. The zero-order chi connectivity index (χ0) is 10.8. The van der Waals surface area contributed by atoms with Gasteiger partial charge in [0.05, 0.1) is 6.54 Å². The molecule has 4 heteroatoms. The largest absolute Gasteiger partial charge is 0.388 e. The summed E-state index contributed by atoms with van der Waals surface area (Å²) in [7, 11) is 0. The average Bonchev–Trinajstić information content (AvgIpc) is 2.59. The lowest BCUT2D eigenvalue weighted by molar-refractivity contribution is 0.118. The Bertz CT molecular complexity index is 335. The van der Waals surface area contributed by atoms with Crippen LogP contribution in [-0.2, 0) is 6.42 Å². The number of hydrogen-bond donors (Lipinski definition) is 1. The third-order valence-corrected chi connectivity index (χ3v) is 2.75. The van der Waals surface area contributed by atoms with Gasteiger partial charge in [0.1, 0.15) is 12.3 Å². The monoisotopic (exact) mass is 210 g/mol. The number of β-amino-alcohol motifs (C(OH)–C–C–N with tert-alkyl or cyclic N) is 1. The third-order valence-electron chi connectivity index (χ3n) is 2.75. The number of hydrogen-bond acceptors (Lipinski definition) is 3. The van der Waals surface area contributed by atoms with Crippen molar-refractivity contribution in [2.75, 3.05) is 18.0 Å². The van der Waals surface area contributed by atoms with Gasteiger partial charge < -0.3 is 10.0 Å². The summed E-state index contributed by atoms with van der Waals surface area (Å²) >= 11 is 0. The summed E-state index contributed by atoms with van der Waals surface area (Å²) in [6, 6.07) is 3.80. The Kier molecular flexibility index (Phi) is 2.86. The molecular formula is C11H15FN2O. The van der Waals surface area contributed by atoms with Gasteiger partial charge >= 0.3 is 0 Å². The number of aromatic nitrogens is 1. The molecule has 2 unspecified atom stereocenters. The molecule has 82 valence electrons. The fourth-order valence-corrected chi connectivity index (χ4v) is 1.81. The number of pyridine rings is 1. The van der Waals surface area contributed by atoms with Gasteiger partial charge in [-0.05, 0) is 18.6 Å². The average molecular weight is 210 g/mol. The first-order valence-corrected chi connectivity index (χ1v) is 5.22. The Balaban J connectivity index is 2.16. The summed E-state index contributed by atoms with van der Waals surface area (Å²) in [5, 5.41) is 9.32. The molecule has 0 aliphatic carbocycles. The van der Waals surface area contributed by atoms with E-state index >= 15 is 0 Å². The Hall–Kier alpha value is -1.16. The molecule has 0 radical (unpaired) electrons. The molecule has 0 spiro atoms. The summed E-state index contributed by atoms with van der Waals surface area (Å²) in [4.78, 5) is 6.04. The Labute approximate surface area is 88.6 Å². The quantitative estimate of drug-likeness (QED) is 0.795. The van der Waals surface area contributed by atoms with Crippen molar-refractivity contribution in [3.05, 3.63) is 24.0 Å². The maximum atomic E-state index is 13.1. The van der Waals surface area contributed by atoms with E-state index in [4.69, 9.17) is 0 Å². The van der Waals surface area contributed by atoms with Crippen LogP contribution in [0, 0.1) is 0 Å². The van der Waals surface area contributed by atoms with Gasteiger partial charge in [-0.1, -0.05) is 6.92 Å². The maximum Gasteiger partial charge on any atom is 0.145 e. The molecule has 3 nitrogen and oxygen atoms in total. The van der Waals surface area contributed by atoms with Crippen molar-refractivity contribution in [2.45, 2.75) is 25.6 Å². The van der Waals surface area contributed by atoms with E-state index in [1.807, 2.05) is 24.0 Å². The van der Waals surface area contributed by atoms with E-state index in [1.165, 1.54) is 0 Å². The highest BCUT2D eigenvalue weighted by molar-refractivity contribution is 5.48. The van der Waals surface area contributed by atoms with Gasteiger partial charge in [-0.15, -0.1) is 0 Å². The third kappa shape index (κ3) is 2.09. The highest BCUT2D eigenvalue weighted by Crippen LogP contribution is 2.22. The number of aliphatic hydroxyl groups is 1. The predicted molar refractivity (Wildman–Crippen MR) is 56.7 cm³/mol. The molecular weight excluding hydrogens is 195 g/mol. The van der Waals surface area contributed by atoms with Gasteiger partial charge in [-0.25, -0.2) is 4.39 Å². The van der Waals surface area contributed by atoms with Crippen molar-refractivity contribution in [1.82, 2.24) is 4.98 Å². The smallest absolute Gasteiger partial charge is 0.145 e. The summed E-state index contributed by atoms with van der Waals surface area (Å²) in [5.41, 5.74) is 1.94. The molecule has 2 rings (SSSR count). The van der Waals surface area contributed by atoms with Crippen LogP contribution in [0.4, 0.5) is 10.1 Å². The van der Waals surface area contributed by atoms with Gasteiger partial charge in [-0.2, -0.15) is 0 Å². The highest BCUT2D eigenvalue weighted by Gasteiger charge is 2.31. The molecule has 0 saturated carbocycles. The van der Waals surface area contributed by atoms with E-state index in [-0.39, 0.29) is 6.54 Å². The number of alkyl halides is 1. The maximum absolute atomic E-state index is 13.1. The lowest BCUT2D eigenvalue weighted by Gasteiger charge is -2.17. The second-order valence-corrected chi connectivity index (χ2v) is 3.85. The number of nitrogens with zero attached hydrogens (tertiary/aromatic N) is 2. The van der Waals surface area contributed by atoms with Gasteiger partial charge in [0.25, 0.3) is 0 Å². The van der Waals surface area contributed by atoms with Crippen LogP contribution in [0.3, 0.4) is 0 Å². The molecule has 0 bridgehead atoms. The fourth-order valence-electron chi connectivity index (χ4n) is 1.81. The SMILES string of the molecule is CCc1cc(N2CC(O)C(F)C2)ccn1. The minimum Gasteiger partial charge on any atom is -0.388 e. The second-order valence-electron chi connectivity index (χ2n) is 3.85. The molecule has 15 heavy (non-hydrogen) atoms. The van der Waals surface area contributed by atoms with Gasteiger partial charge in [-0.3, -0.25) is 4.98 Å². The molecule has 1 aliphatic heterocycles. The van der Waals surface area contributed by atoms with Crippen LogP contribution in [-0.4, -0.2) is 35.5 Å². The molecule has 1 aliphatic rings. The van der Waals surface area contributed by atoms with Crippen LogP contribution in [0.15, 0.2) is 18.3 Å². The Morgan fingerprint density at radius 2 is 2.40 bits per heavy atom. The highest BCUT2D eigenvalue weighted by atomic mass is 19.1. The molecule has 0 amide bonds. The van der Waals surface area contributed by atoms with E-state index < -0.39 is 12.3 Å². The number of anilines is 1. The number of aliphatic hydroxyl groups excluding tert-OH is 1. The van der Waals surface area contributed by atoms with Crippen LogP contribution in [0.1, 0.15) is 12.6 Å². The number of aryl methyl sites for hydroxylation is 1. The normalized spacial score (nSPS) is 25.9. The van der Waals surface area contributed by atoms with Gasteiger partial charge in [0, 0.05) is 24.1 Å². The minimum atomic E-state index is -1.14. The second kappa shape index (κ2) is 4.14. The summed E-state index contributed by atoms with van der Waals surface area (Å²) in [6.07, 6.45) is 0.599. The van der Waals surface area contributed by atoms with Gasteiger partial charge in [0.15, 0.2) is 0 Å². The zero-order valence-electron chi connectivity index (χ0n) is 8.73. The molecule has 1 aromatic rings. The number of halogens is 1. The van der Waals surface area contributed by atoms with Crippen molar-refractivity contribution in [2.24, 2.45) is 0 Å². The standard InChI is InChI=1S/C11H15FN2O/c1-2-8-5-9(3-4-13-8)14-6-10(12)11(15)7-14/h3-5,10-11,15H,2,6-7H2,1H3. The summed E-state index contributed by atoms with van der Waals surface area (Å²) < 4.78 is 13.1. The first kappa shape index (κ1) is 10.4. The van der Waals surface area contributed by atoms with Crippen LogP contribution in [0.2, 0.25) is 0 Å². The van der Waals surface area contributed by atoms with Crippen molar-refractivity contribution in [1.29, 1.82) is 0 Å². The minimum absolute atomic E-state index is 0.272. The van der Waals surface area contributed by atoms with E-state index in [1.54, 1.807) is 6.20 Å². The van der Waals surface area contributed by atoms with E-state index in [0.717, 1.165) is 17.8 Å². The molecule has 1 aromatic heterocycles. The topological polar surface area (TPSA) is 36.4 Å². The predicted octanol–water partition coefficient (Wildman–Crippen LogP) is 1.16. The lowest BCUT2D eigenvalue weighted by Crippen LogP contribution is -2.21. The summed E-state index contributed by atoms with van der Waals surface area (Å²) in [5.74, 6) is 0. The fraction of sp³-hybridized carbons (Fsp3) is 0.545. The summed E-state index contributed by atoms with van der Waals surface area (Å²) in [6.45, 7) is 2.67. The zero-order valence-corrected chi connectivity index (χ0v) is 8.73. The van der Waals surface area contributed by atoms with E-state index in [9.17, 15) is 9.50 Å². The van der Waals surface area contributed by atoms with Crippen LogP contribution in [0.5, 0.6) is 0 Å². The van der Waals surface area contributed by atoms with Crippen molar-refractivity contribution >= 4 is 5.69 Å². The Morgan fingerprint density at radius 3 is 3.00 bits per heavy atom.